The number of carbonyl (C=O) groups excluding carboxylic acids is 2. The van der Waals surface area contributed by atoms with Crippen molar-refractivity contribution in [2.75, 3.05) is 0 Å². The normalized spacial score (nSPS) is 14.5. The Morgan fingerprint density at radius 1 is 1.43 bits per heavy atom. The summed E-state index contributed by atoms with van der Waals surface area (Å²) in [7, 11) is 0. The van der Waals surface area contributed by atoms with Crippen LogP contribution < -0.4 is 0 Å². The summed E-state index contributed by atoms with van der Waals surface area (Å²) in [5.74, 6) is -0.831. The fourth-order valence-corrected chi connectivity index (χ4v) is 1.01. The number of aliphatic hydroxyl groups is 2. The van der Waals surface area contributed by atoms with E-state index in [1.165, 1.54) is 0 Å². The lowest BCUT2D eigenvalue weighted by atomic mass is 10.1. The zero-order valence-corrected chi connectivity index (χ0v) is 8.18. The largest absolute Gasteiger partial charge is 0.395 e. The highest BCUT2D eigenvalue weighted by Gasteiger charge is 2.19. The van der Waals surface area contributed by atoms with Crippen molar-refractivity contribution in [3.63, 3.8) is 0 Å². The molecule has 0 bridgehead atoms. The maximum absolute atomic E-state index is 10.7. The SMILES string of the molecule is CCCCC(O)C(O)CC(=O)OC=O. The van der Waals surface area contributed by atoms with Gasteiger partial charge in [0.25, 0.3) is 0 Å². The number of aliphatic hydroxyl groups excluding tert-OH is 2. The minimum atomic E-state index is -1.16. The second-order valence-electron chi connectivity index (χ2n) is 3.07. The number of esters is 1. The Morgan fingerprint density at radius 3 is 2.57 bits per heavy atom. The van der Waals surface area contributed by atoms with E-state index in [0.717, 1.165) is 12.8 Å². The Hall–Kier alpha value is -0.940. The van der Waals surface area contributed by atoms with Crippen molar-refractivity contribution in [1.29, 1.82) is 0 Å². The van der Waals surface area contributed by atoms with E-state index in [0.29, 0.717) is 6.42 Å². The molecule has 0 aromatic carbocycles. The molecule has 0 rings (SSSR count). The van der Waals surface area contributed by atoms with Gasteiger partial charge in [0, 0.05) is 0 Å². The van der Waals surface area contributed by atoms with Crippen LogP contribution in [0.25, 0.3) is 0 Å². The van der Waals surface area contributed by atoms with Crippen LogP contribution >= 0.6 is 0 Å². The molecule has 5 heteroatoms. The Morgan fingerprint density at radius 2 is 2.07 bits per heavy atom. The molecule has 0 spiro atoms. The standard InChI is InChI=1S/C9H16O5/c1-2-3-4-7(11)8(12)5-9(13)14-6-10/h6-8,11-12H,2-5H2,1H3. The van der Waals surface area contributed by atoms with Crippen molar-refractivity contribution >= 4 is 12.4 Å². The predicted octanol–water partition coefficient (Wildman–Crippen LogP) is -0.0119. The van der Waals surface area contributed by atoms with E-state index in [4.69, 9.17) is 0 Å². The van der Waals surface area contributed by atoms with Crippen LogP contribution in [0.15, 0.2) is 0 Å². The van der Waals surface area contributed by atoms with Gasteiger partial charge in [-0.05, 0) is 6.42 Å². The van der Waals surface area contributed by atoms with Crippen LogP contribution in [0.1, 0.15) is 32.6 Å². The highest BCUT2D eigenvalue weighted by Crippen LogP contribution is 2.08. The van der Waals surface area contributed by atoms with Gasteiger partial charge in [0.2, 0.25) is 0 Å². The van der Waals surface area contributed by atoms with Crippen LogP contribution in [0.2, 0.25) is 0 Å². The lowest BCUT2D eigenvalue weighted by molar-refractivity contribution is -0.154. The number of carbonyl (C=O) groups is 2. The molecule has 0 saturated heterocycles. The average Bonchev–Trinajstić information content (AvgIpc) is 2.14. The second kappa shape index (κ2) is 7.46. The number of unbranched alkanes of at least 4 members (excludes halogenated alkanes) is 1. The van der Waals surface area contributed by atoms with E-state index in [1.807, 2.05) is 6.92 Å². The molecule has 0 radical (unpaired) electrons. The summed E-state index contributed by atoms with van der Waals surface area (Å²) in [5.41, 5.74) is 0. The maximum Gasteiger partial charge on any atom is 0.315 e. The van der Waals surface area contributed by atoms with E-state index in [1.54, 1.807) is 0 Å². The molecule has 0 aliphatic rings. The number of hydrogen-bond donors (Lipinski definition) is 2. The van der Waals surface area contributed by atoms with Crippen molar-refractivity contribution < 1.29 is 24.5 Å². The fraction of sp³-hybridized carbons (Fsp3) is 0.778. The van der Waals surface area contributed by atoms with Gasteiger partial charge in [-0.25, -0.2) is 0 Å². The first-order chi connectivity index (χ1) is 6.61. The zero-order chi connectivity index (χ0) is 11.0. The van der Waals surface area contributed by atoms with Gasteiger partial charge in [-0.1, -0.05) is 19.8 Å². The van der Waals surface area contributed by atoms with Gasteiger partial charge in [0.1, 0.15) is 0 Å². The van der Waals surface area contributed by atoms with E-state index in [2.05, 4.69) is 4.74 Å². The lowest BCUT2D eigenvalue weighted by Gasteiger charge is -2.15. The van der Waals surface area contributed by atoms with Gasteiger partial charge in [-0.3, -0.25) is 9.59 Å². The zero-order valence-electron chi connectivity index (χ0n) is 8.18. The summed E-state index contributed by atoms with van der Waals surface area (Å²) in [4.78, 5) is 20.5. The number of ether oxygens (including phenoxy) is 1. The van der Waals surface area contributed by atoms with Gasteiger partial charge in [0.15, 0.2) is 0 Å². The van der Waals surface area contributed by atoms with Gasteiger partial charge in [-0.15, -0.1) is 0 Å². The van der Waals surface area contributed by atoms with Gasteiger partial charge >= 0.3 is 12.4 Å². The molecule has 5 nitrogen and oxygen atoms in total. The molecule has 0 heterocycles. The van der Waals surface area contributed by atoms with Crippen molar-refractivity contribution in [1.82, 2.24) is 0 Å². The maximum atomic E-state index is 10.7. The van der Waals surface area contributed by atoms with Crippen molar-refractivity contribution in [2.45, 2.75) is 44.8 Å². The van der Waals surface area contributed by atoms with Crippen LogP contribution in [0.4, 0.5) is 0 Å². The van der Waals surface area contributed by atoms with Crippen LogP contribution in [-0.2, 0) is 14.3 Å². The highest BCUT2D eigenvalue weighted by atomic mass is 16.6. The molecule has 2 unspecified atom stereocenters. The fourth-order valence-electron chi connectivity index (χ4n) is 1.01. The molecule has 0 fully saturated rings. The molecule has 2 N–H and O–H groups in total. The highest BCUT2D eigenvalue weighted by molar-refractivity contribution is 5.76. The van der Waals surface area contributed by atoms with E-state index >= 15 is 0 Å². The molecular formula is C9H16O5. The van der Waals surface area contributed by atoms with Gasteiger partial charge in [-0.2, -0.15) is 0 Å². The smallest absolute Gasteiger partial charge is 0.315 e. The molecule has 0 aromatic rings. The average molecular weight is 204 g/mol. The van der Waals surface area contributed by atoms with Gasteiger partial charge < -0.3 is 14.9 Å². The summed E-state index contributed by atoms with van der Waals surface area (Å²) < 4.78 is 3.98. The molecule has 14 heavy (non-hydrogen) atoms. The third-order valence-electron chi connectivity index (χ3n) is 1.85. The third kappa shape index (κ3) is 5.66. The van der Waals surface area contributed by atoms with Crippen molar-refractivity contribution in [3.05, 3.63) is 0 Å². The van der Waals surface area contributed by atoms with Crippen molar-refractivity contribution in [2.24, 2.45) is 0 Å². The van der Waals surface area contributed by atoms with Crippen LogP contribution in [-0.4, -0.2) is 34.9 Å². The Labute approximate surface area is 82.7 Å². The molecule has 0 aliphatic heterocycles. The lowest BCUT2D eigenvalue weighted by Crippen LogP contribution is -2.29. The van der Waals surface area contributed by atoms with E-state index in [-0.39, 0.29) is 12.9 Å². The monoisotopic (exact) mass is 204 g/mol. The van der Waals surface area contributed by atoms with Crippen LogP contribution in [0, 0.1) is 0 Å². The first kappa shape index (κ1) is 13.1. The van der Waals surface area contributed by atoms with Crippen LogP contribution in [0.3, 0.4) is 0 Å². The quantitative estimate of drug-likeness (QED) is 0.346. The molecular weight excluding hydrogens is 188 g/mol. The minimum Gasteiger partial charge on any atom is -0.395 e. The van der Waals surface area contributed by atoms with E-state index in [9.17, 15) is 19.8 Å². The van der Waals surface area contributed by atoms with E-state index < -0.39 is 18.2 Å². The summed E-state index contributed by atoms with van der Waals surface area (Å²) in [6.07, 6.45) is -0.331. The summed E-state index contributed by atoms with van der Waals surface area (Å²) >= 11 is 0. The molecule has 0 aliphatic carbocycles. The van der Waals surface area contributed by atoms with Crippen LogP contribution in [0.5, 0.6) is 0 Å². The molecule has 82 valence electrons. The summed E-state index contributed by atoms with van der Waals surface area (Å²) in [6, 6.07) is 0. The first-order valence-electron chi connectivity index (χ1n) is 4.61. The topological polar surface area (TPSA) is 83.8 Å². The molecule has 0 saturated carbocycles. The Bertz CT molecular complexity index is 180. The molecule has 0 aromatic heterocycles. The third-order valence-corrected chi connectivity index (χ3v) is 1.85. The molecule has 2 atom stereocenters. The summed E-state index contributed by atoms with van der Waals surface area (Å²) in [5, 5.41) is 18.6. The first-order valence-corrected chi connectivity index (χ1v) is 4.61. The second-order valence-corrected chi connectivity index (χ2v) is 3.07. The molecule has 0 amide bonds. The number of hydrogen-bond acceptors (Lipinski definition) is 5. The Balaban J connectivity index is 3.75. The van der Waals surface area contributed by atoms with Crippen molar-refractivity contribution in [3.8, 4) is 0 Å². The summed E-state index contributed by atoms with van der Waals surface area (Å²) in [6.45, 7) is 1.97. The number of rotatable bonds is 7. The Kier molecular flexibility index (Phi) is 6.96. The minimum absolute atomic E-state index is 0.00742. The predicted molar refractivity (Wildman–Crippen MR) is 48.3 cm³/mol. The van der Waals surface area contributed by atoms with Gasteiger partial charge in [0.05, 0.1) is 18.6 Å².